The summed E-state index contributed by atoms with van der Waals surface area (Å²) in [4.78, 5) is 53.2. The molecule has 2 saturated heterocycles. The smallest absolute Gasteiger partial charge is 0.326 e. The van der Waals surface area contributed by atoms with E-state index in [2.05, 4.69) is 52.0 Å². The van der Waals surface area contributed by atoms with E-state index in [9.17, 15) is 19.5 Å². The number of anilines is 1. The number of likely N-dealkylation sites (tertiary alicyclic amines) is 1. The van der Waals surface area contributed by atoms with E-state index < -0.39 is 6.04 Å². The van der Waals surface area contributed by atoms with Crippen molar-refractivity contribution < 1.29 is 14.7 Å². The molecule has 3 N–H and O–H groups in total. The third-order valence-electron chi connectivity index (χ3n) is 8.69. The molecule has 0 radical (unpaired) electrons. The van der Waals surface area contributed by atoms with Crippen molar-refractivity contribution in [3.8, 4) is 17.0 Å². The second kappa shape index (κ2) is 14.1. The average molecular weight is 753 g/mol. The molecule has 0 saturated carbocycles. The number of rotatable bonds is 7. The van der Waals surface area contributed by atoms with Gasteiger partial charge in [-0.05, 0) is 80.1 Å². The zero-order valence-corrected chi connectivity index (χ0v) is 28.3. The zero-order valence-electron chi connectivity index (χ0n) is 25.1. The van der Waals surface area contributed by atoms with Gasteiger partial charge in [-0.1, -0.05) is 30.3 Å². The van der Waals surface area contributed by atoms with Gasteiger partial charge in [0.2, 0.25) is 5.91 Å². The average Bonchev–Trinajstić information content (AvgIpc) is 3.48. The maximum atomic E-state index is 13.9. The summed E-state index contributed by atoms with van der Waals surface area (Å²) in [6, 6.07) is 16.0. The predicted molar refractivity (Wildman–Crippen MR) is 183 cm³/mol. The van der Waals surface area contributed by atoms with Crippen molar-refractivity contribution in [1.29, 1.82) is 0 Å². The van der Waals surface area contributed by atoms with Gasteiger partial charge >= 0.3 is 11.7 Å². The van der Waals surface area contributed by atoms with E-state index in [0.717, 1.165) is 22.5 Å². The molecule has 6 rings (SSSR count). The number of aromatic hydroxyl groups is 1. The van der Waals surface area contributed by atoms with Crippen LogP contribution < -0.4 is 15.9 Å². The van der Waals surface area contributed by atoms with E-state index in [-0.39, 0.29) is 35.8 Å². The van der Waals surface area contributed by atoms with Crippen LogP contribution in [-0.2, 0) is 11.2 Å². The molecule has 2 aliphatic heterocycles. The molecule has 2 aromatic heterocycles. The van der Waals surface area contributed by atoms with Crippen LogP contribution in [0, 0.1) is 0 Å². The molecular formula is C33H35Br2N7O4. The summed E-state index contributed by atoms with van der Waals surface area (Å²) in [6.45, 7) is 3.26. The number of urea groups is 1. The van der Waals surface area contributed by atoms with Crippen molar-refractivity contribution in [2.45, 2.75) is 31.3 Å². The van der Waals surface area contributed by atoms with Gasteiger partial charge in [0.15, 0.2) is 0 Å². The number of nitrogens with zero attached hydrogens (tertiary/aromatic N) is 5. The summed E-state index contributed by atoms with van der Waals surface area (Å²) < 4.78 is 2.73. The molecule has 11 nitrogen and oxygen atoms in total. The molecule has 0 bridgehead atoms. The summed E-state index contributed by atoms with van der Waals surface area (Å²) in [6.07, 6.45) is 6.90. The first-order valence-corrected chi connectivity index (χ1v) is 16.9. The molecule has 0 aliphatic carbocycles. The van der Waals surface area contributed by atoms with Crippen LogP contribution in [0.2, 0.25) is 0 Å². The Bertz CT molecular complexity index is 1710. The molecule has 4 heterocycles. The Balaban J connectivity index is 1.12. The summed E-state index contributed by atoms with van der Waals surface area (Å²) >= 11 is 6.76. The number of benzene rings is 2. The number of phenols is 1. The van der Waals surface area contributed by atoms with Crippen LogP contribution in [0.5, 0.6) is 5.75 Å². The number of aromatic amines is 1. The lowest BCUT2D eigenvalue weighted by Gasteiger charge is -2.38. The number of amides is 3. The second-order valence-electron chi connectivity index (χ2n) is 11.6. The van der Waals surface area contributed by atoms with Crippen LogP contribution in [0.4, 0.5) is 10.5 Å². The molecule has 1 atom stereocenters. The molecule has 46 heavy (non-hydrogen) atoms. The van der Waals surface area contributed by atoms with E-state index in [1.54, 1.807) is 32.7 Å². The van der Waals surface area contributed by atoms with E-state index in [4.69, 9.17) is 0 Å². The number of aromatic nitrogens is 3. The Labute approximate surface area is 283 Å². The van der Waals surface area contributed by atoms with Gasteiger partial charge in [0.05, 0.1) is 26.5 Å². The van der Waals surface area contributed by atoms with Gasteiger partial charge in [-0.3, -0.25) is 14.3 Å². The van der Waals surface area contributed by atoms with Gasteiger partial charge < -0.3 is 30.1 Å². The van der Waals surface area contributed by atoms with Gasteiger partial charge in [-0.15, -0.1) is 0 Å². The number of H-pyrrole nitrogens is 1. The number of imidazole rings is 1. The van der Waals surface area contributed by atoms with E-state index in [0.29, 0.717) is 61.1 Å². The first-order valence-electron chi connectivity index (χ1n) is 15.3. The Morgan fingerprint density at radius 3 is 2.30 bits per heavy atom. The van der Waals surface area contributed by atoms with Crippen molar-refractivity contribution in [2.24, 2.45) is 0 Å². The number of carbonyl (C=O) groups excluding carboxylic acids is 2. The number of phenolic OH excluding ortho intramolecular Hbond substituents is 1. The van der Waals surface area contributed by atoms with Crippen LogP contribution in [-0.4, -0.2) is 86.7 Å². The molecule has 13 heteroatoms. The van der Waals surface area contributed by atoms with Gasteiger partial charge in [0.1, 0.15) is 11.8 Å². The molecule has 0 spiro atoms. The van der Waals surface area contributed by atoms with Gasteiger partial charge in [-0.2, -0.15) is 0 Å². The zero-order chi connectivity index (χ0) is 32.2. The number of piperidine rings is 1. The molecule has 240 valence electrons. The number of carbonyl (C=O) groups is 2. The first kappa shape index (κ1) is 31.9. The first-order chi connectivity index (χ1) is 22.3. The third kappa shape index (κ3) is 7.15. The van der Waals surface area contributed by atoms with Crippen molar-refractivity contribution in [1.82, 2.24) is 29.7 Å². The second-order valence-corrected chi connectivity index (χ2v) is 13.3. The van der Waals surface area contributed by atoms with Crippen molar-refractivity contribution in [3.63, 3.8) is 0 Å². The highest BCUT2D eigenvalue weighted by molar-refractivity contribution is 9.11. The maximum Gasteiger partial charge on any atom is 0.326 e. The number of hydrogen-bond acceptors (Lipinski definition) is 6. The predicted octanol–water partition coefficient (Wildman–Crippen LogP) is 4.78. The fourth-order valence-corrected chi connectivity index (χ4v) is 7.43. The number of piperazine rings is 1. The molecule has 4 aromatic rings. The van der Waals surface area contributed by atoms with E-state index in [1.165, 1.54) is 0 Å². The van der Waals surface area contributed by atoms with Crippen LogP contribution in [0.3, 0.4) is 0 Å². The SMILES string of the molecule is O=C(N[C@H](Cc1cc(Br)c(O)c(Br)c1)C(=O)N1CCN(c2cccnc2)CC1)N1CCC(n2cc(-c3ccccc3)[nH]c2=O)CC1. The highest BCUT2D eigenvalue weighted by Crippen LogP contribution is 2.34. The summed E-state index contributed by atoms with van der Waals surface area (Å²) in [5.41, 5.74) is 3.34. The van der Waals surface area contributed by atoms with Gasteiger partial charge in [0, 0.05) is 64.1 Å². The summed E-state index contributed by atoms with van der Waals surface area (Å²) in [7, 11) is 0. The highest BCUT2D eigenvalue weighted by atomic mass is 79.9. The molecule has 2 aromatic carbocycles. The monoisotopic (exact) mass is 751 g/mol. The van der Waals surface area contributed by atoms with Crippen molar-refractivity contribution in [2.75, 3.05) is 44.2 Å². The Morgan fingerprint density at radius 2 is 1.65 bits per heavy atom. The van der Waals surface area contributed by atoms with E-state index >= 15 is 0 Å². The number of hydrogen-bond donors (Lipinski definition) is 3. The quantitative estimate of drug-likeness (QED) is 0.250. The standard InChI is InChI=1S/C33H35Br2N7O4/c34-26-17-22(18-27(35)30(26)43)19-28(31(44)40-15-13-39(14-16-40)25-7-4-10-36-20-25)37-32(45)41-11-8-24(9-12-41)42-21-29(38-33(42)46)23-5-2-1-3-6-23/h1-7,10,17-18,20-21,24,28,43H,8-9,11-16,19H2,(H,37,45)(H,38,46)/t28-/m1/s1. The lowest BCUT2D eigenvalue weighted by molar-refractivity contribution is -0.133. The van der Waals surface area contributed by atoms with Crippen LogP contribution in [0.1, 0.15) is 24.4 Å². The Kier molecular flexibility index (Phi) is 9.78. The lowest BCUT2D eigenvalue weighted by atomic mass is 10.0. The minimum Gasteiger partial charge on any atom is -0.506 e. The minimum absolute atomic E-state index is 0.0366. The van der Waals surface area contributed by atoms with Gasteiger partial charge in [-0.25, -0.2) is 9.59 Å². The normalized spacial score (nSPS) is 16.3. The van der Waals surface area contributed by atoms with Crippen LogP contribution >= 0.6 is 31.9 Å². The van der Waals surface area contributed by atoms with Crippen LogP contribution in [0.25, 0.3) is 11.3 Å². The molecule has 0 unspecified atom stereocenters. The third-order valence-corrected chi connectivity index (χ3v) is 9.90. The maximum absolute atomic E-state index is 13.9. The number of nitrogens with one attached hydrogen (secondary N) is 2. The molecular weight excluding hydrogens is 718 g/mol. The summed E-state index contributed by atoms with van der Waals surface area (Å²) in [5.74, 6) is -0.0795. The lowest BCUT2D eigenvalue weighted by Crippen LogP contribution is -2.57. The van der Waals surface area contributed by atoms with E-state index in [1.807, 2.05) is 54.9 Å². The molecule has 2 fully saturated rings. The van der Waals surface area contributed by atoms with Crippen molar-refractivity contribution >= 4 is 49.5 Å². The fourth-order valence-electron chi connectivity index (χ4n) is 6.15. The summed E-state index contributed by atoms with van der Waals surface area (Å²) in [5, 5.41) is 13.2. The number of pyridine rings is 1. The largest absolute Gasteiger partial charge is 0.506 e. The molecule has 2 aliphatic rings. The Hall–Kier alpha value is -4.10. The molecule has 3 amide bonds. The Morgan fingerprint density at radius 1 is 0.957 bits per heavy atom. The van der Waals surface area contributed by atoms with Crippen LogP contribution in [0.15, 0.2) is 86.9 Å². The minimum atomic E-state index is -0.806. The fraction of sp³-hybridized carbons (Fsp3) is 0.333. The highest BCUT2D eigenvalue weighted by Gasteiger charge is 2.32. The van der Waals surface area contributed by atoms with Crippen molar-refractivity contribution in [3.05, 3.63) is 98.2 Å². The number of halogens is 2. The van der Waals surface area contributed by atoms with Gasteiger partial charge in [0.25, 0.3) is 0 Å². The topological polar surface area (TPSA) is 127 Å².